The minimum Gasteiger partial charge on any atom is -0.496 e. The maximum atomic E-state index is 12.2. The van der Waals surface area contributed by atoms with Crippen LogP contribution in [0.4, 0.5) is 0 Å². The predicted octanol–water partition coefficient (Wildman–Crippen LogP) is 2.08. The van der Waals surface area contributed by atoms with Gasteiger partial charge in [-0.2, -0.15) is 5.26 Å². The number of hydrogen-bond donors (Lipinski definition) is 0. The van der Waals surface area contributed by atoms with Crippen LogP contribution in [0.1, 0.15) is 17.0 Å². The van der Waals surface area contributed by atoms with E-state index < -0.39 is 0 Å². The molecule has 102 valence electrons. The van der Waals surface area contributed by atoms with Crippen molar-refractivity contribution in [1.82, 2.24) is 9.55 Å². The molecule has 0 aliphatic heterocycles. The first kappa shape index (κ1) is 14.5. The second kappa shape index (κ2) is 6.05. The van der Waals surface area contributed by atoms with E-state index in [4.69, 9.17) is 10.00 Å². The maximum absolute atomic E-state index is 12.2. The van der Waals surface area contributed by atoms with E-state index in [1.54, 1.807) is 43.0 Å². The van der Waals surface area contributed by atoms with Gasteiger partial charge in [0, 0.05) is 11.8 Å². The van der Waals surface area contributed by atoms with Crippen molar-refractivity contribution in [2.45, 2.75) is 13.5 Å². The molecule has 5 nitrogen and oxygen atoms in total. The van der Waals surface area contributed by atoms with Gasteiger partial charge in [0.15, 0.2) is 0 Å². The van der Waals surface area contributed by atoms with Gasteiger partial charge in [0.1, 0.15) is 11.6 Å². The first-order chi connectivity index (χ1) is 9.56. The molecule has 1 aromatic carbocycles. The number of hydrogen-bond acceptors (Lipinski definition) is 4. The SMILES string of the molecule is COc1ccc(C#N)cc1Cn1c(C)ncc(I)c1=O. The number of aryl methyl sites for hydroxylation is 1. The molecule has 1 heterocycles. The van der Waals surface area contributed by atoms with Crippen molar-refractivity contribution in [1.29, 1.82) is 5.26 Å². The van der Waals surface area contributed by atoms with Crippen LogP contribution in [0, 0.1) is 21.8 Å². The number of aromatic nitrogens is 2. The van der Waals surface area contributed by atoms with Crippen molar-refractivity contribution in [2.24, 2.45) is 0 Å². The van der Waals surface area contributed by atoms with E-state index >= 15 is 0 Å². The van der Waals surface area contributed by atoms with Crippen molar-refractivity contribution in [2.75, 3.05) is 7.11 Å². The molecule has 2 aromatic rings. The first-order valence-electron chi connectivity index (χ1n) is 5.85. The second-order valence-corrected chi connectivity index (χ2v) is 5.35. The molecule has 20 heavy (non-hydrogen) atoms. The van der Waals surface area contributed by atoms with E-state index in [1.165, 1.54) is 0 Å². The summed E-state index contributed by atoms with van der Waals surface area (Å²) in [6.07, 6.45) is 1.55. The van der Waals surface area contributed by atoms with Gasteiger partial charge in [-0.15, -0.1) is 0 Å². The number of methoxy groups -OCH3 is 1. The van der Waals surface area contributed by atoms with Crippen LogP contribution >= 0.6 is 22.6 Å². The molecule has 6 heteroatoms. The van der Waals surface area contributed by atoms with Crippen molar-refractivity contribution >= 4 is 22.6 Å². The van der Waals surface area contributed by atoms with Gasteiger partial charge in [-0.05, 0) is 47.7 Å². The zero-order valence-corrected chi connectivity index (χ0v) is 13.2. The number of benzene rings is 1. The Kier molecular flexibility index (Phi) is 4.39. The number of ether oxygens (including phenoxy) is 1. The van der Waals surface area contributed by atoms with E-state index in [0.717, 1.165) is 5.56 Å². The summed E-state index contributed by atoms with van der Waals surface area (Å²) in [6, 6.07) is 7.23. The lowest BCUT2D eigenvalue weighted by atomic mass is 10.1. The fraction of sp³-hybridized carbons (Fsp3) is 0.214. The normalized spacial score (nSPS) is 10.1. The lowest BCUT2D eigenvalue weighted by molar-refractivity contribution is 0.407. The number of rotatable bonds is 3. The highest BCUT2D eigenvalue weighted by molar-refractivity contribution is 14.1. The molecule has 2 rings (SSSR count). The number of halogens is 1. The molecule has 0 radical (unpaired) electrons. The molecular formula is C14H12IN3O2. The Morgan fingerprint density at radius 2 is 2.25 bits per heavy atom. The zero-order chi connectivity index (χ0) is 14.7. The van der Waals surface area contributed by atoms with Gasteiger partial charge >= 0.3 is 0 Å². The topological polar surface area (TPSA) is 67.9 Å². The van der Waals surface area contributed by atoms with Crippen LogP contribution < -0.4 is 10.3 Å². The predicted molar refractivity (Wildman–Crippen MR) is 82.8 cm³/mol. The number of nitrogens with zero attached hydrogens (tertiary/aromatic N) is 3. The van der Waals surface area contributed by atoms with Crippen LogP contribution in [-0.2, 0) is 6.54 Å². The lowest BCUT2D eigenvalue weighted by Gasteiger charge is -2.12. The van der Waals surface area contributed by atoms with Crippen molar-refractivity contribution in [3.63, 3.8) is 0 Å². The smallest absolute Gasteiger partial charge is 0.267 e. The van der Waals surface area contributed by atoms with Crippen LogP contribution in [0.3, 0.4) is 0 Å². The molecule has 0 aliphatic rings. The fourth-order valence-electron chi connectivity index (χ4n) is 1.88. The molecule has 0 unspecified atom stereocenters. The van der Waals surface area contributed by atoms with Gasteiger partial charge in [-0.3, -0.25) is 9.36 Å². The summed E-state index contributed by atoms with van der Waals surface area (Å²) in [5.41, 5.74) is 1.22. The minimum absolute atomic E-state index is 0.0949. The largest absolute Gasteiger partial charge is 0.496 e. The molecule has 0 aliphatic carbocycles. The van der Waals surface area contributed by atoms with Crippen molar-refractivity contribution in [3.05, 3.63) is 55.3 Å². The Balaban J connectivity index is 2.53. The van der Waals surface area contributed by atoms with Gasteiger partial charge in [0.25, 0.3) is 5.56 Å². The van der Waals surface area contributed by atoms with Crippen LogP contribution in [0.5, 0.6) is 5.75 Å². The summed E-state index contributed by atoms with van der Waals surface area (Å²) < 4.78 is 7.41. The van der Waals surface area contributed by atoms with Gasteiger partial charge in [-0.1, -0.05) is 0 Å². The van der Waals surface area contributed by atoms with E-state index in [2.05, 4.69) is 11.1 Å². The fourth-order valence-corrected chi connectivity index (χ4v) is 2.31. The van der Waals surface area contributed by atoms with Crippen molar-refractivity contribution < 1.29 is 4.74 Å². The average molecular weight is 381 g/mol. The van der Waals surface area contributed by atoms with Gasteiger partial charge in [0.2, 0.25) is 0 Å². The highest BCUT2D eigenvalue weighted by Gasteiger charge is 2.10. The van der Waals surface area contributed by atoms with E-state index in [0.29, 0.717) is 27.3 Å². The summed E-state index contributed by atoms with van der Waals surface area (Å²) in [6.45, 7) is 2.10. The van der Waals surface area contributed by atoms with Crippen LogP contribution in [0.2, 0.25) is 0 Å². The quantitative estimate of drug-likeness (QED) is 0.764. The molecule has 0 spiro atoms. The van der Waals surface area contributed by atoms with Gasteiger partial charge < -0.3 is 4.74 Å². The lowest BCUT2D eigenvalue weighted by Crippen LogP contribution is -2.26. The third-order valence-electron chi connectivity index (χ3n) is 2.94. The Morgan fingerprint density at radius 3 is 2.90 bits per heavy atom. The third-order valence-corrected chi connectivity index (χ3v) is 3.68. The highest BCUT2D eigenvalue weighted by Crippen LogP contribution is 2.20. The second-order valence-electron chi connectivity index (χ2n) is 4.18. The molecule has 0 fully saturated rings. The zero-order valence-electron chi connectivity index (χ0n) is 11.1. The maximum Gasteiger partial charge on any atom is 0.267 e. The molecule has 0 bridgehead atoms. The average Bonchev–Trinajstić information content (AvgIpc) is 2.47. The highest BCUT2D eigenvalue weighted by atomic mass is 127. The molecule has 0 N–H and O–H groups in total. The van der Waals surface area contributed by atoms with E-state index in [1.807, 2.05) is 22.6 Å². The molecule has 0 saturated heterocycles. The van der Waals surface area contributed by atoms with E-state index in [-0.39, 0.29) is 5.56 Å². The Hall–Kier alpha value is -1.88. The van der Waals surface area contributed by atoms with Gasteiger partial charge in [0.05, 0.1) is 28.9 Å². The molecule has 1 aromatic heterocycles. The number of nitriles is 1. The van der Waals surface area contributed by atoms with Gasteiger partial charge in [-0.25, -0.2) is 4.98 Å². The first-order valence-corrected chi connectivity index (χ1v) is 6.93. The standard InChI is InChI=1S/C14H12IN3O2/c1-9-17-7-12(15)14(19)18(9)8-11-5-10(6-16)3-4-13(11)20-2/h3-5,7H,8H2,1-2H3. The summed E-state index contributed by atoms with van der Waals surface area (Å²) in [4.78, 5) is 16.3. The summed E-state index contributed by atoms with van der Waals surface area (Å²) in [5, 5.41) is 8.97. The molecule has 0 atom stereocenters. The Bertz CT molecular complexity index is 747. The van der Waals surface area contributed by atoms with E-state index in [9.17, 15) is 4.79 Å². The van der Waals surface area contributed by atoms with Crippen LogP contribution in [0.25, 0.3) is 0 Å². The Morgan fingerprint density at radius 1 is 1.50 bits per heavy atom. The monoisotopic (exact) mass is 381 g/mol. The minimum atomic E-state index is -0.0949. The van der Waals surface area contributed by atoms with Crippen LogP contribution in [0.15, 0.2) is 29.2 Å². The molecule has 0 amide bonds. The molecule has 0 saturated carbocycles. The third kappa shape index (κ3) is 2.82. The summed E-state index contributed by atoms with van der Waals surface area (Å²) >= 11 is 1.96. The van der Waals surface area contributed by atoms with Crippen LogP contribution in [-0.4, -0.2) is 16.7 Å². The molecular weight excluding hydrogens is 369 g/mol. The summed E-state index contributed by atoms with van der Waals surface area (Å²) in [5.74, 6) is 1.27. The summed E-state index contributed by atoms with van der Waals surface area (Å²) in [7, 11) is 1.56. The Labute approximate surface area is 130 Å². The van der Waals surface area contributed by atoms with Crippen molar-refractivity contribution in [3.8, 4) is 11.8 Å².